The van der Waals surface area contributed by atoms with E-state index in [0.29, 0.717) is 15.9 Å². The van der Waals surface area contributed by atoms with Crippen LogP contribution in [0.5, 0.6) is 0 Å². The average Bonchev–Trinajstić information content (AvgIpc) is 2.28. The van der Waals surface area contributed by atoms with Gasteiger partial charge in [-0.15, -0.1) is 0 Å². The lowest BCUT2D eigenvalue weighted by atomic mass is 9.99. The first kappa shape index (κ1) is 13.0. The van der Waals surface area contributed by atoms with E-state index in [1.165, 1.54) is 0 Å². The van der Waals surface area contributed by atoms with Gasteiger partial charge in [-0.2, -0.15) is 5.26 Å². The lowest BCUT2D eigenvalue weighted by molar-refractivity contribution is 0.162. The predicted octanol–water partition coefficient (Wildman–Crippen LogP) is 3.43. The number of nitrogens with zero attached hydrogens (tertiary/aromatic N) is 1. The zero-order valence-corrected chi connectivity index (χ0v) is 11.6. The molecule has 0 saturated carbocycles. The molecule has 0 aliphatic carbocycles. The normalized spacial score (nSPS) is 16.5. The molecule has 2 nitrogen and oxygen atoms in total. The summed E-state index contributed by atoms with van der Waals surface area (Å²) in [5, 5.41) is 19.9. The summed E-state index contributed by atoms with van der Waals surface area (Å²) in [6.07, 6.45) is -0.904. The molecule has 2 unspecified atom stereocenters. The Balaban J connectivity index is 2.99. The van der Waals surface area contributed by atoms with Crippen molar-refractivity contribution in [2.24, 2.45) is 0 Å². The van der Waals surface area contributed by atoms with Crippen LogP contribution < -0.4 is 0 Å². The van der Waals surface area contributed by atoms with Crippen LogP contribution in [0.3, 0.4) is 0 Å². The Labute approximate surface area is 110 Å². The molecular weight excluding hydrogens is 345 g/mol. The SMILES string of the molecule is N#CC(Br)(CBr)C(O)c1ccc(Cl)cc1. The molecule has 0 aliphatic rings. The van der Waals surface area contributed by atoms with Gasteiger partial charge in [0.2, 0.25) is 0 Å². The fraction of sp³-hybridized carbons (Fsp3) is 0.300. The van der Waals surface area contributed by atoms with Crippen molar-refractivity contribution in [1.82, 2.24) is 0 Å². The molecular formula is C10H8Br2ClNO. The Bertz CT molecular complexity index is 376. The van der Waals surface area contributed by atoms with E-state index < -0.39 is 10.4 Å². The van der Waals surface area contributed by atoms with E-state index >= 15 is 0 Å². The highest BCUT2D eigenvalue weighted by Gasteiger charge is 2.35. The Morgan fingerprint density at radius 1 is 1.47 bits per heavy atom. The Hall–Kier alpha value is -0.0800. The van der Waals surface area contributed by atoms with Gasteiger partial charge in [0.25, 0.3) is 0 Å². The first-order chi connectivity index (χ1) is 7.03. The van der Waals surface area contributed by atoms with Gasteiger partial charge in [-0.25, -0.2) is 0 Å². The van der Waals surface area contributed by atoms with Crippen LogP contribution in [0.1, 0.15) is 11.7 Å². The summed E-state index contributed by atoms with van der Waals surface area (Å²) in [6.45, 7) is 0. The molecule has 0 heterocycles. The zero-order chi connectivity index (χ0) is 11.5. The number of hydrogen-bond acceptors (Lipinski definition) is 2. The van der Waals surface area contributed by atoms with Gasteiger partial charge in [0.15, 0.2) is 4.32 Å². The van der Waals surface area contributed by atoms with Crippen molar-refractivity contribution < 1.29 is 5.11 Å². The van der Waals surface area contributed by atoms with Crippen molar-refractivity contribution in [3.63, 3.8) is 0 Å². The van der Waals surface area contributed by atoms with E-state index in [0.717, 1.165) is 0 Å². The first-order valence-corrected chi connectivity index (χ1v) is 6.42. The third-order valence-electron chi connectivity index (χ3n) is 2.00. The maximum Gasteiger partial charge on any atom is 0.151 e. The van der Waals surface area contributed by atoms with E-state index in [-0.39, 0.29) is 0 Å². The molecule has 80 valence electrons. The molecule has 0 spiro atoms. The van der Waals surface area contributed by atoms with Crippen LogP contribution in [0.15, 0.2) is 24.3 Å². The van der Waals surface area contributed by atoms with Gasteiger partial charge >= 0.3 is 0 Å². The van der Waals surface area contributed by atoms with Crippen molar-refractivity contribution in [3.05, 3.63) is 34.9 Å². The first-order valence-electron chi connectivity index (χ1n) is 4.13. The summed E-state index contributed by atoms with van der Waals surface area (Å²) in [6, 6.07) is 8.78. The smallest absolute Gasteiger partial charge is 0.151 e. The molecule has 0 amide bonds. The third kappa shape index (κ3) is 2.94. The van der Waals surface area contributed by atoms with E-state index in [9.17, 15) is 5.11 Å². The standard InChI is InChI=1S/C10H8Br2ClNO/c11-5-10(12,6-14)9(15)7-1-3-8(13)4-2-7/h1-4,9,15H,5H2. The Kier molecular flexibility index (Phi) is 4.60. The second kappa shape index (κ2) is 5.31. The van der Waals surface area contributed by atoms with E-state index in [1.807, 2.05) is 6.07 Å². The molecule has 0 saturated heterocycles. The number of nitriles is 1. The maximum absolute atomic E-state index is 9.99. The second-order valence-corrected chi connectivity index (χ2v) is 5.47. The van der Waals surface area contributed by atoms with Crippen molar-refractivity contribution in [3.8, 4) is 6.07 Å². The number of aliphatic hydroxyl groups excluding tert-OH is 1. The summed E-state index contributed by atoms with van der Waals surface area (Å²) in [5.41, 5.74) is 0.650. The quantitative estimate of drug-likeness (QED) is 0.846. The molecule has 0 bridgehead atoms. The number of hydrogen-bond donors (Lipinski definition) is 1. The van der Waals surface area contributed by atoms with Crippen molar-refractivity contribution in [1.29, 1.82) is 5.26 Å². The molecule has 1 N–H and O–H groups in total. The van der Waals surface area contributed by atoms with E-state index in [1.54, 1.807) is 24.3 Å². The fourth-order valence-corrected chi connectivity index (χ4v) is 1.90. The molecule has 0 radical (unpaired) electrons. The van der Waals surface area contributed by atoms with Crippen LogP contribution in [-0.2, 0) is 0 Å². The highest BCUT2D eigenvalue weighted by atomic mass is 79.9. The highest BCUT2D eigenvalue weighted by molar-refractivity contribution is 9.12. The van der Waals surface area contributed by atoms with Crippen molar-refractivity contribution >= 4 is 43.5 Å². The summed E-state index contributed by atoms with van der Waals surface area (Å²) >= 11 is 12.1. The van der Waals surface area contributed by atoms with Gasteiger partial charge < -0.3 is 5.11 Å². The van der Waals surface area contributed by atoms with Crippen molar-refractivity contribution in [2.75, 3.05) is 5.33 Å². The minimum Gasteiger partial charge on any atom is -0.386 e. The van der Waals surface area contributed by atoms with Gasteiger partial charge in [0.05, 0.1) is 6.07 Å². The Morgan fingerprint density at radius 3 is 2.40 bits per heavy atom. The zero-order valence-electron chi connectivity index (χ0n) is 7.62. The molecule has 15 heavy (non-hydrogen) atoms. The molecule has 2 atom stereocenters. The van der Waals surface area contributed by atoms with Gasteiger partial charge in [-0.05, 0) is 17.7 Å². The molecule has 1 aromatic carbocycles. The second-order valence-electron chi connectivity index (χ2n) is 3.06. The number of benzene rings is 1. The van der Waals surface area contributed by atoms with Crippen LogP contribution >= 0.6 is 43.5 Å². The van der Waals surface area contributed by atoms with Crippen LogP contribution in [0.2, 0.25) is 5.02 Å². The van der Waals surface area contributed by atoms with Gasteiger partial charge in [0, 0.05) is 10.4 Å². The average molecular weight is 353 g/mol. The number of aliphatic hydroxyl groups is 1. The van der Waals surface area contributed by atoms with Crippen LogP contribution in [0.25, 0.3) is 0 Å². The third-order valence-corrected chi connectivity index (χ3v) is 4.78. The van der Waals surface area contributed by atoms with Crippen LogP contribution in [0, 0.1) is 11.3 Å². The molecule has 0 aromatic heterocycles. The molecule has 0 fully saturated rings. The molecule has 1 aromatic rings. The maximum atomic E-state index is 9.99. The molecule has 1 rings (SSSR count). The highest BCUT2D eigenvalue weighted by Crippen LogP contribution is 2.35. The van der Waals surface area contributed by atoms with Crippen LogP contribution in [0.4, 0.5) is 0 Å². The number of rotatable bonds is 3. The topological polar surface area (TPSA) is 44.0 Å². The minimum atomic E-state index is -1.01. The summed E-state index contributed by atoms with van der Waals surface area (Å²) in [5.74, 6) is 0. The number of alkyl halides is 2. The van der Waals surface area contributed by atoms with E-state index in [4.69, 9.17) is 16.9 Å². The predicted molar refractivity (Wildman–Crippen MR) is 67.5 cm³/mol. The van der Waals surface area contributed by atoms with E-state index in [2.05, 4.69) is 31.9 Å². The largest absolute Gasteiger partial charge is 0.386 e. The summed E-state index contributed by atoms with van der Waals surface area (Å²) in [7, 11) is 0. The Morgan fingerprint density at radius 2 is 2.00 bits per heavy atom. The van der Waals surface area contributed by atoms with Gasteiger partial charge in [-0.1, -0.05) is 55.6 Å². The summed E-state index contributed by atoms with van der Waals surface area (Å²) < 4.78 is -1.01. The van der Waals surface area contributed by atoms with Gasteiger partial charge in [-0.3, -0.25) is 0 Å². The monoisotopic (exact) mass is 351 g/mol. The molecule has 0 aliphatic heterocycles. The minimum absolute atomic E-state index is 0.334. The number of halogens is 3. The van der Waals surface area contributed by atoms with Crippen molar-refractivity contribution in [2.45, 2.75) is 10.4 Å². The van der Waals surface area contributed by atoms with Crippen LogP contribution in [-0.4, -0.2) is 14.8 Å². The van der Waals surface area contributed by atoms with Gasteiger partial charge in [0.1, 0.15) is 6.10 Å². The molecule has 5 heteroatoms. The fourth-order valence-electron chi connectivity index (χ4n) is 1.07. The summed E-state index contributed by atoms with van der Waals surface area (Å²) in [4.78, 5) is 0. The lowest BCUT2D eigenvalue weighted by Gasteiger charge is -2.23. The lowest BCUT2D eigenvalue weighted by Crippen LogP contribution is -2.29.